The zero-order chi connectivity index (χ0) is 29.1. The molecule has 1 aromatic heterocycles. The molecular weight excluding hydrogens is 540 g/mol. The molecule has 10 heteroatoms. The smallest absolute Gasteiger partial charge is 0.240 e. The van der Waals surface area contributed by atoms with E-state index in [9.17, 15) is 9.59 Å². The minimum atomic E-state index is -0.357. The lowest BCUT2D eigenvalue weighted by atomic mass is 9.87. The van der Waals surface area contributed by atoms with Gasteiger partial charge in [-0.15, -0.1) is 11.8 Å². The van der Waals surface area contributed by atoms with Gasteiger partial charge in [0, 0.05) is 29.7 Å². The molecule has 0 unspecified atom stereocenters. The Morgan fingerprint density at radius 2 is 1.88 bits per heavy atom. The van der Waals surface area contributed by atoms with Crippen LogP contribution in [0.25, 0.3) is 5.69 Å². The maximum atomic E-state index is 13.9. The summed E-state index contributed by atoms with van der Waals surface area (Å²) in [5, 5.41) is 7.88. The molecule has 0 aliphatic carbocycles. The lowest BCUT2D eigenvalue weighted by Crippen LogP contribution is -2.44. The van der Waals surface area contributed by atoms with Gasteiger partial charge >= 0.3 is 0 Å². The Labute approximate surface area is 245 Å². The number of hydrogen-bond donors (Lipinski definition) is 1. The summed E-state index contributed by atoms with van der Waals surface area (Å²) in [5.41, 5.74) is 3.12. The third-order valence-electron chi connectivity index (χ3n) is 7.39. The third-order valence-corrected chi connectivity index (χ3v) is 8.63. The fourth-order valence-electron chi connectivity index (χ4n) is 5.34. The van der Waals surface area contributed by atoms with Crippen LogP contribution in [-0.2, 0) is 19.7 Å². The monoisotopic (exact) mass is 578 g/mol. The highest BCUT2D eigenvalue weighted by atomic mass is 32.2. The molecular formula is C31H38N4O5S. The highest BCUT2D eigenvalue weighted by molar-refractivity contribution is 8.00. The van der Waals surface area contributed by atoms with E-state index in [2.05, 4.69) is 26.1 Å². The van der Waals surface area contributed by atoms with Crippen LogP contribution in [0.15, 0.2) is 48.5 Å². The normalized spacial score (nSPS) is 19.0. The summed E-state index contributed by atoms with van der Waals surface area (Å²) < 4.78 is 18.6. The summed E-state index contributed by atoms with van der Waals surface area (Å²) >= 11 is 1.53. The van der Waals surface area contributed by atoms with Gasteiger partial charge in [0.25, 0.3) is 0 Å². The van der Waals surface area contributed by atoms with Crippen molar-refractivity contribution in [3.63, 3.8) is 0 Å². The number of ether oxygens (including phenoxy) is 3. The molecule has 2 amide bonds. The van der Waals surface area contributed by atoms with E-state index in [0.29, 0.717) is 24.7 Å². The summed E-state index contributed by atoms with van der Waals surface area (Å²) in [7, 11) is 3.28. The van der Waals surface area contributed by atoms with Gasteiger partial charge in [0.05, 0.1) is 42.7 Å². The second-order valence-corrected chi connectivity index (χ2v) is 12.4. The molecule has 0 spiro atoms. The number of amides is 2. The standard InChI is InChI=1S/C31H38N4O5S/c1-31(2,3)29-27-28(23-10-6-7-11-24(23)39-5)41-19-26(37)34(18-25(36)32-17-22-9-8-16-40-22)30(27)35(33-29)20-12-14-21(38-4)15-13-20/h6-7,10-15,22,28H,8-9,16-19H2,1-5H3,(H,32,36)/t22-,28+/m1/s1. The zero-order valence-electron chi connectivity index (χ0n) is 24.3. The average molecular weight is 579 g/mol. The summed E-state index contributed by atoms with van der Waals surface area (Å²) in [6.07, 6.45) is 1.92. The number of thioether (sulfide) groups is 1. The predicted molar refractivity (Wildman–Crippen MR) is 160 cm³/mol. The lowest BCUT2D eigenvalue weighted by Gasteiger charge is -2.25. The molecule has 9 nitrogen and oxygen atoms in total. The maximum absolute atomic E-state index is 13.9. The molecule has 3 aromatic rings. The van der Waals surface area contributed by atoms with E-state index in [0.717, 1.165) is 41.1 Å². The third kappa shape index (κ3) is 6.08. The molecule has 0 bridgehead atoms. The topological polar surface area (TPSA) is 94.9 Å². The SMILES string of the molecule is COc1ccc(-n2nc(C(C)(C)C)c3c2N(CC(=O)NC[C@H]2CCCO2)C(=O)CS[C@H]3c2ccccc2OC)cc1. The molecule has 0 saturated carbocycles. The van der Waals surface area contributed by atoms with Gasteiger partial charge in [-0.3, -0.25) is 14.5 Å². The molecule has 2 aliphatic heterocycles. The molecule has 1 N–H and O–H groups in total. The molecule has 0 radical (unpaired) electrons. The van der Waals surface area contributed by atoms with Gasteiger partial charge in [-0.2, -0.15) is 5.10 Å². The number of nitrogens with one attached hydrogen (secondary N) is 1. The van der Waals surface area contributed by atoms with Crippen LogP contribution in [0.4, 0.5) is 5.82 Å². The molecule has 1 fully saturated rings. The Morgan fingerprint density at radius 3 is 2.54 bits per heavy atom. The van der Waals surface area contributed by atoms with E-state index in [-0.39, 0.29) is 40.9 Å². The van der Waals surface area contributed by atoms with Crippen molar-refractivity contribution < 1.29 is 23.8 Å². The van der Waals surface area contributed by atoms with E-state index >= 15 is 0 Å². The number of benzene rings is 2. The van der Waals surface area contributed by atoms with Crippen molar-refractivity contribution in [3.05, 3.63) is 65.4 Å². The van der Waals surface area contributed by atoms with Gasteiger partial charge in [-0.25, -0.2) is 4.68 Å². The predicted octanol–water partition coefficient (Wildman–Crippen LogP) is 4.65. The van der Waals surface area contributed by atoms with Crippen molar-refractivity contribution in [2.24, 2.45) is 0 Å². The van der Waals surface area contributed by atoms with Crippen molar-refractivity contribution in [2.45, 2.75) is 50.4 Å². The molecule has 3 heterocycles. The highest BCUT2D eigenvalue weighted by Crippen LogP contribution is 2.50. The highest BCUT2D eigenvalue weighted by Gasteiger charge is 2.40. The van der Waals surface area contributed by atoms with Gasteiger partial charge in [-0.05, 0) is 43.2 Å². The summed E-state index contributed by atoms with van der Waals surface area (Å²) in [6.45, 7) is 7.36. The van der Waals surface area contributed by atoms with Crippen LogP contribution in [0.1, 0.15) is 55.7 Å². The van der Waals surface area contributed by atoms with Crippen LogP contribution in [0.3, 0.4) is 0 Å². The van der Waals surface area contributed by atoms with E-state index in [1.54, 1.807) is 23.8 Å². The van der Waals surface area contributed by atoms with E-state index in [1.165, 1.54) is 11.8 Å². The molecule has 2 aliphatic rings. The molecule has 5 rings (SSSR count). The fraction of sp³-hybridized carbons (Fsp3) is 0.452. The van der Waals surface area contributed by atoms with E-state index < -0.39 is 0 Å². The second-order valence-electron chi connectivity index (χ2n) is 11.3. The Bertz CT molecular complexity index is 1390. The number of aromatic nitrogens is 2. The number of carbonyl (C=O) groups is 2. The van der Waals surface area contributed by atoms with Crippen LogP contribution in [0.2, 0.25) is 0 Å². The summed E-state index contributed by atoms with van der Waals surface area (Å²) in [4.78, 5) is 28.7. The number of para-hydroxylation sites is 1. The van der Waals surface area contributed by atoms with Crippen LogP contribution < -0.4 is 19.7 Å². The van der Waals surface area contributed by atoms with Gasteiger partial charge in [0.15, 0.2) is 0 Å². The number of rotatable bonds is 8. The quantitative estimate of drug-likeness (QED) is 0.416. The van der Waals surface area contributed by atoms with Gasteiger partial charge in [0.1, 0.15) is 23.9 Å². The number of methoxy groups -OCH3 is 2. The van der Waals surface area contributed by atoms with Gasteiger partial charge in [-0.1, -0.05) is 39.0 Å². The molecule has 41 heavy (non-hydrogen) atoms. The Balaban J connectivity index is 1.67. The number of hydrogen-bond acceptors (Lipinski definition) is 7. The first kappa shape index (κ1) is 29.0. The Kier molecular flexibility index (Phi) is 8.60. The average Bonchev–Trinajstić information content (AvgIpc) is 3.61. The van der Waals surface area contributed by atoms with Crippen molar-refractivity contribution in [2.75, 3.05) is 44.6 Å². The molecule has 2 atom stereocenters. The number of anilines is 1. The number of carbonyl (C=O) groups excluding carboxylic acids is 2. The Hall–Kier alpha value is -3.50. The van der Waals surface area contributed by atoms with Crippen molar-refractivity contribution in [1.82, 2.24) is 15.1 Å². The van der Waals surface area contributed by atoms with Crippen molar-refractivity contribution >= 4 is 29.4 Å². The first-order valence-electron chi connectivity index (χ1n) is 13.9. The van der Waals surface area contributed by atoms with Crippen LogP contribution in [0, 0.1) is 0 Å². The van der Waals surface area contributed by atoms with E-state index in [4.69, 9.17) is 19.3 Å². The first-order chi connectivity index (χ1) is 19.7. The minimum absolute atomic E-state index is 0.0112. The number of nitrogens with zero attached hydrogens (tertiary/aromatic N) is 3. The lowest BCUT2D eigenvalue weighted by molar-refractivity contribution is -0.123. The Morgan fingerprint density at radius 1 is 1.12 bits per heavy atom. The van der Waals surface area contributed by atoms with E-state index in [1.807, 2.05) is 48.5 Å². The molecule has 2 aromatic carbocycles. The number of fused-ring (bicyclic) bond motifs is 1. The second kappa shape index (κ2) is 12.2. The van der Waals surface area contributed by atoms with Crippen LogP contribution in [-0.4, -0.2) is 67.4 Å². The molecule has 218 valence electrons. The van der Waals surface area contributed by atoms with Gasteiger partial charge in [0.2, 0.25) is 11.8 Å². The zero-order valence-corrected chi connectivity index (χ0v) is 25.1. The maximum Gasteiger partial charge on any atom is 0.240 e. The van der Waals surface area contributed by atoms with Crippen LogP contribution >= 0.6 is 11.8 Å². The largest absolute Gasteiger partial charge is 0.497 e. The van der Waals surface area contributed by atoms with Crippen LogP contribution in [0.5, 0.6) is 11.5 Å². The fourth-order valence-corrected chi connectivity index (χ4v) is 6.56. The molecule has 1 saturated heterocycles. The minimum Gasteiger partial charge on any atom is -0.497 e. The van der Waals surface area contributed by atoms with Crippen molar-refractivity contribution in [1.29, 1.82) is 0 Å². The summed E-state index contributed by atoms with van der Waals surface area (Å²) in [5.74, 6) is 1.85. The first-order valence-corrected chi connectivity index (χ1v) is 15.0. The van der Waals surface area contributed by atoms with Crippen molar-refractivity contribution in [3.8, 4) is 17.2 Å². The summed E-state index contributed by atoms with van der Waals surface area (Å²) in [6, 6.07) is 15.4. The van der Waals surface area contributed by atoms with Gasteiger partial charge < -0.3 is 19.5 Å².